The molecule has 9 nitrogen and oxygen atoms in total. The quantitative estimate of drug-likeness (QED) is 0.119. The zero-order chi connectivity index (χ0) is 25.6. The van der Waals surface area contributed by atoms with Crippen LogP contribution in [-0.2, 0) is 27.2 Å². The first-order valence-corrected chi connectivity index (χ1v) is 12.5. The Balaban J connectivity index is 1.82. The summed E-state index contributed by atoms with van der Waals surface area (Å²) < 4.78 is 0. The van der Waals surface area contributed by atoms with Crippen molar-refractivity contribution in [3.8, 4) is 0 Å². The summed E-state index contributed by atoms with van der Waals surface area (Å²) >= 11 is 0.956. The second-order valence-electron chi connectivity index (χ2n) is 8.19. The fraction of sp³-hybridized carbons (Fsp3) is 0.400. The molecule has 188 valence electrons. The van der Waals surface area contributed by atoms with Crippen LogP contribution in [0.3, 0.4) is 0 Å². The summed E-state index contributed by atoms with van der Waals surface area (Å²) in [6.45, 7) is 2.54. The molecule has 1 atom stereocenters. The van der Waals surface area contributed by atoms with Crippen LogP contribution in [0.1, 0.15) is 49.4 Å². The van der Waals surface area contributed by atoms with E-state index in [9.17, 15) is 14.4 Å². The largest absolute Gasteiger partial charge is 0.382 e. The van der Waals surface area contributed by atoms with Gasteiger partial charge in [-0.05, 0) is 55.2 Å². The van der Waals surface area contributed by atoms with E-state index in [0.29, 0.717) is 36.3 Å². The highest BCUT2D eigenvalue weighted by molar-refractivity contribution is 8.13. The van der Waals surface area contributed by atoms with Crippen molar-refractivity contribution in [1.29, 1.82) is 0 Å². The van der Waals surface area contributed by atoms with Gasteiger partial charge < -0.3 is 21.8 Å². The number of hydrogen-bond donors (Lipinski definition) is 3. The number of amides is 2. The molecular formula is C25H34N6O3S. The lowest BCUT2D eigenvalue weighted by atomic mass is 10.1. The number of aromatic nitrogens is 1. The Bertz CT molecular complexity index is 995. The summed E-state index contributed by atoms with van der Waals surface area (Å²) in [7, 11) is 1.68. The molecule has 2 aromatic rings. The third-order valence-corrected chi connectivity index (χ3v) is 6.28. The van der Waals surface area contributed by atoms with Gasteiger partial charge in [-0.15, -0.1) is 0 Å². The number of amidine groups is 1. The van der Waals surface area contributed by atoms with E-state index in [-0.39, 0.29) is 24.1 Å². The average Bonchev–Trinajstić information content (AvgIpc) is 2.87. The van der Waals surface area contributed by atoms with Crippen LogP contribution in [0.15, 0.2) is 47.7 Å². The van der Waals surface area contributed by atoms with Crippen LogP contribution < -0.4 is 16.9 Å². The van der Waals surface area contributed by atoms with Gasteiger partial charge in [-0.3, -0.25) is 19.4 Å². The van der Waals surface area contributed by atoms with Gasteiger partial charge in [-0.2, -0.15) is 5.10 Å². The van der Waals surface area contributed by atoms with Gasteiger partial charge >= 0.3 is 0 Å². The zero-order valence-electron chi connectivity index (χ0n) is 20.3. The first-order valence-electron chi connectivity index (χ1n) is 11.6. The number of hydrazone groups is 1. The Kier molecular flexibility index (Phi) is 11.8. The van der Waals surface area contributed by atoms with E-state index >= 15 is 0 Å². The molecule has 5 N–H and O–H groups in total. The van der Waals surface area contributed by atoms with Crippen LogP contribution in [0.2, 0.25) is 0 Å². The number of hydrogen-bond acceptors (Lipinski definition) is 7. The molecular weight excluding hydrogens is 464 g/mol. The van der Waals surface area contributed by atoms with Crippen LogP contribution in [0.25, 0.3) is 0 Å². The van der Waals surface area contributed by atoms with E-state index < -0.39 is 5.25 Å². The highest BCUT2D eigenvalue weighted by atomic mass is 32.2. The number of aryl methyl sites for hydroxylation is 1. The van der Waals surface area contributed by atoms with Crippen molar-refractivity contribution in [1.82, 2.24) is 9.88 Å². The van der Waals surface area contributed by atoms with Crippen molar-refractivity contribution in [2.45, 2.75) is 50.7 Å². The van der Waals surface area contributed by atoms with Gasteiger partial charge in [0.15, 0.2) is 5.62 Å². The highest BCUT2D eigenvalue weighted by Crippen LogP contribution is 2.17. The molecule has 1 unspecified atom stereocenters. The first-order chi connectivity index (χ1) is 16.9. The molecule has 2 amide bonds. The van der Waals surface area contributed by atoms with E-state index in [2.05, 4.69) is 22.3 Å². The van der Waals surface area contributed by atoms with Crippen molar-refractivity contribution in [2.75, 3.05) is 18.9 Å². The van der Waals surface area contributed by atoms with Crippen LogP contribution in [0.4, 0.5) is 5.69 Å². The van der Waals surface area contributed by atoms with Gasteiger partial charge in [0, 0.05) is 49.6 Å². The fourth-order valence-corrected chi connectivity index (χ4v) is 4.11. The Morgan fingerprint density at radius 1 is 1.20 bits per heavy atom. The number of rotatable bonds is 14. The molecule has 0 saturated heterocycles. The molecule has 0 aliphatic rings. The summed E-state index contributed by atoms with van der Waals surface area (Å²) in [4.78, 5) is 42.4. The molecule has 0 bridgehead atoms. The van der Waals surface area contributed by atoms with Gasteiger partial charge in [0.2, 0.25) is 11.8 Å². The number of nitrogens with zero attached hydrogens (tertiary/aromatic N) is 3. The van der Waals surface area contributed by atoms with Crippen molar-refractivity contribution < 1.29 is 14.4 Å². The molecule has 0 saturated carbocycles. The second-order valence-corrected chi connectivity index (χ2v) is 9.22. The number of carbonyl (C=O) groups excluding carboxylic acids is 3. The molecule has 0 radical (unpaired) electrons. The van der Waals surface area contributed by atoms with E-state index in [1.807, 2.05) is 18.3 Å². The predicted molar refractivity (Wildman–Crippen MR) is 142 cm³/mol. The SMILES string of the molecule is CCCCc1ccc(CC(SC=O)C(=O)N(C)CCCC(=O)Nc2ccc(/C(N)=N/N)cc2)nc1. The standard InChI is InChI=1S/C25H34N6O3S/c1-3-4-6-18-8-11-21(28-16-18)15-22(35-17-32)25(34)31(2)14-5-7-23(33)29-20-12-9-19(10-13-20)24(26)30-27/h8-13,16-17,22H,3-7,14-15,27H2,1-2H3,(H2,26,30)(H,29,33). The lowest BCUT2D eigenvalue weighted by Crippen LogP contribution is -2.37. The van der Waals surface area contributed by atoms with E-state index in [4.69, 9.17) is 11.6 Å². The molecule has 0 aliphatic heterocycles. The molecule has 0 spiro atoms. The molecule has 2 rings (SSSR count). The van der Waals surface area contributed by atoms with Crippen molar-refractivity contribution in [3.05, 3.63) is 59.4 Å². The van der Waals surface area contributed by atoms with Crippen LogP contribution in [-0.4, -0.2) is 52.0 Å². The third kappa shape index (κ3) is 9.40. The van der Waals surface area contributed by atoms with Gasteiger partial charge in [0.05, 0.1) is 5.25 Å². The van der Waals surface area contributed by atoms with Crippen molar-refractivity contribution in [2.24, 2.45) is 16.7 Å². The predicted octanol–water partition coefficient (Wildman–Crippen LogP) is 2.72. The topological polar surface area (TPSA) is 144 Å². The van der Waals surface area contributed by atoms with Crippen LogP contribution in [0.5, 0.6) is 0 Å². The van der Waals surface area contributed by atoms with Crippen molar-refractivity contribution >= 4 is 40.7 Å². The maximum atomic E-state index is 12.9. The summed E-state index contributed by atoms with van der Waals surface area (Å²) in [5.41, 5.74) is 9.58. The monoisotopic (exact) mass is 498 g/mol. The Hall–Kier alpha value is -3.40. The normalized spacial score (nSPS) is 12.1. The number of carbonyl (C=O) groups is 3. The summed E-state index contributed by atoms with van der Waals surface area (Å²) in [6, 6.07) is 10.8. The zero-order valence-corrected chi connectivity index (χ0v) is 21.1. The fourth-order valence-electron chi connectivity index (χ4n) is 3.41. The van der Waals surface area contributed by atoms with Crippen LogP contribution >= 0.6 is 11.8 Å². The minimum Gasteiger partial charge on any atom is -0.382 e. The van der Waals surface area contributed by atoms with Crippen molar-refractivity contribution in [3.63, 3.8) is 0 Å². The first kappa shape index (κ1) is 27.8. The van der Waals surface area contributed by atoms with E-state index in [1.165, 1.54) is 5.56 Å². The summed E-state index contributed by atoms with van der Waals surface area (Å²) in [6.07, 6.45) is 6.16. The lowest BCUT2D eigenvalue weighted by molar-refractivity contribution is -0.129. The van der Waals surface area contributed by atoms with Gasteiger partial charge in [-0.25, -0.2) is 0 Å². The molecule has 0 aliphatic carbocycles. The number of benzene rings is 1. The second kappa shape index (κ2) is 14.8. The van der Waals surface area contributed by atoms with E-state index in [1.54, 1.807) is 36.2 Å². The lowest BCUT2D eigenvalue weighted by Gasteiger charge is -2.22. The van der Waals surface area contributed by atoms with E-state index in [0.717, 1.165) is 36.7 Å². The Morgan fingerprint density at radius 2 is 1.94 bits per heavy atom. The molecule has 1 aromatic heterocycles. The third-order valence-electron chi connectivity index (χ3n) is 5.47. The highest BCUT2D eigenvalue weighted by Gasteiger charge is 2.23. The molecule has 1 aromatic carbocycles. The number of unbranched alkanes of at least 4 members (excludes halogenated alkanes) is 1. The number of pyridine rings is 1. The Morgan fingerprint density at radius 3 is 2.54 bits per heavy atom. The van der Waals surface area contributed by atoms with Gasteiger partial charge in [0.25, 0.3) is 0 Å². The smallest absolute Gasteiger partial charge is 0.236 e. The van der Waals surface area contributed by atoms with Gasteiger partial charge in [-0.1, -0.05) is 31.2 Å². The summed E-state index contributed by atoms with van der Waals surface area (Å²) in [5.74, 6) is 5.05. The number of anilines is 1. The van der Waals surface area contributed by atoms with Gasteiger partial charge in [0.1, 0.15) is 5.84 Å². The minimum atomic E-state index is -0.552. The number of thioether (sulfide) groups is 1. The molecule has 0 fully saturated rings. The molecule has 10 heteroatoms. The molecule has 1 heterocycles. The van der Waals surface area contributed by atoms with Crippen LogP contribution in [0, 0.1) is 0 Å². The average molecular weight is 499 g/mol. The molecule has 35 heavy (non-hydrogen) atoms. The maximum absolute atomic E-state index is 12.9. The Labute approximate surface area is 210 Å². The number of nitrogens with two attached hydrogens (primary N) is 2. The maximum Gasteiger partial charge on any atom is 0.236 e. The minimum absolute atomic E-state index is 0.158. The summed E-state index contributed by atoms with van der Waals surface area (Å²) in [5, 5.41) is 5.69. The number of nitrogens with one attached hydrogen (secondary N) is 1.